The molecule has 1 aromatic carbocycles. The van der Waals surface area contributed by atoms with Gasteiger partial charge in [-0.3, -0.25) is 9.36 Å². The van der Waals surface area contributed by atoms with Crippen molar-refractivity contribution in [2.75, 3.05) is 7.11 Å². The highest BCUT2D eigenvalue weighted by molar-refractivity contribution is 7.18. The summed E-state index contributed by atoms with van der Waals surface area (Å²) in [6.45, 7) is -0.343. The molecule has 146 valence electrons. The first-order chi connectivity index (χ1) is 13.5. The van der Waals surface area contributed by atoms with Crippen molar-refractivity contribution in [1.82, 2.24) is 9.55 Å². The molecule has 0 N–H and O–H groups in total. The smallest absolute Gasteiger partial charge is 0.387 e. The number of hydrogen-bond acceptors (Lipinski definition) is 5. The predicted octanol–water partition coefficient (Wildman–Crippen LogP) is 4.57. The lowest BCUT2D eigenvalue weighted by atomic mass is 10.1. The number of hydrogen-bond donors (Lipinski definition) is 0. The molecule has 0 fully saturated rings. The van der Waals surface area contributed by atoms with Crippen LogP contribution in [0.15, 0.2) is 29.1 Å². The summed E-state index contributed by atoms with van der Waals surface area (Å²) >= 11 is 1.53. The summed E-state index contributed by atoms with van der Waals surface area (Å²) in [5.41, 5.74) is 1.53. The van der Waals surface area contributed by atoms with E-state index < -0.39 is 6.61 Å². The van der Waals surface area contributed by atoms with E-state index in [4.69, 9.17) is 9.72 Å². The molecule has 0 spiro atoms. The van der Waals surface area contributed by atoms with Crippen molar-refractivity contribution in [3.63, 3.8) is 0 Å². The molecule has 1 aliphatic rings. The maximum Gasteiger partial charge on any atom is 0.387 e. The molecular formula is C20H18F2N2O3S. The molecule has 3 aromatic rings. The molecule has 0 radical (unpaired) electrons. The molecule has 4 rings (SSSR count). The van der Waals surface area contributed by atoms with Crippen molar-refractivity contribution in [3.8, 4) is 11.5 Å². The fourth-order valence-electron chi connectivity index (χ4n) is 3.35. The molecule has 5 nitrogen and oxygen atoms in total. The van der Waals surface area contributed by atoms with E-state index in [1.54, 1.807) is 16.7 Å². The van der Waals surface area contributed by atoms with Gasteiger partial charge in [-0.1, -0.05) is 13.0 Å². The number of benzene rings is 1. The summed E-state index contributed by atoms with van der Waals surface area (Å²) in [6, 6.07) is 6.75. The first kappa shape index (κ1) is 18.6. The van der Waals surface area contributed by atoms with Crippen LogP contribution < -0.4 is 15.0 Å². The Kier molecular flexibility index (Phi) is 4.89. The molecule has 3 heterocycles. The zero-order chi connectivity index (χ0) is 19.8. The van der Waals surface area contributed by atoms with Crippen molar-refractivity contribution in [3.05, 3.63) is 50.9 Å². The highest BCUT2D eigenvalue weighted by Gasteiger charge is 2.22. The average molecular weight is 404 g/mol. The van der Waals surface area contributed by atoms with Crippen LogP contribution in [0.4, 0.5) is 8.78 Å². The molecule has 0 atom stereocenters. The van der Waals surface area contributed by atoms with Crippen LogP contribution in [-0.2, 0) is 13.0 Å². The maximum absolute atomic E-state index is 12.8. The summed E-state index contributed by atoms with van der Waals surface area (Å²) in [4.78, 5) is 19.4. The summed E-state index contributed by atoms with van der Waals surface area (Å²) < 4.78 is 36.6. The summed E-state index contributed by atoms with van der Waals surface area (Å²) in [5, 5.41) is 0.656. The number of halogens is 2. The molecule has 0 aliphatic carbocycles. The predicted molar refractivity (Wildman–Crippen MR) is 105 cm³/mol. The Bertz CT molecular complexity index is 1130. The molecule has 0 saturated carbocycles. The van der Waals surface area contributed by atoms with E-state index in [0.29, 0.717) is 29.7 Å². The molecule has 0 saturated heterocycles. The molecule has 0 amide bonds. The molecule has 1 aliphatic heterocycles. The molecule has 8 heteroatoms. The molecule has 0 unspecified atom stereocenters. The van der Waals surface area contributed by atoms with Gasteiger partial charge in [0, 0.05) is 11.4 Å². The van der Waals surface area contributed by atoms with Crippen LogP contribution in [0.2, 0.25) is 0 Å². The van der Waals surface area contributed by atoms with E-state index in [-0.39, 0.29) is 17.1 Å². The lowest BCUT2D eigenvalue weighted by Crippen LogP contribution is -2.19. The highest BCUT2D eigenvalue weighted by Crippen LogP contribution is 2.33. The second-order valence-corrected chi connectivity index (χ2v) is 7.50. The van der Waals surface area contributed by atoms with Crippen molar-refractivity contribution >= 4 is 33.2 Å². The summed E-state index contributed by atoms with van der Waals surface area (Å²) in [6.07, 6.45) is 3.36. The standard InChI is InChI=1S/C20H18F2N2O3S/c1-3-13-10-14-18(28-13)23-17-12(6-7-24(17)19(14)25)8-11-4-5-15(26-2)16(9-11)27-20(21)22/h4-5,8-10,20H,3,6-7H2,1-2H3/b12-8+. The molecule has 0 bridgehead atoms. The topological polar surface area (TPSA) is 53.4 Å². The van der Waals surface area contributed by atoms with Crippen molar-refractivity contribution in [1.29, 1.82) is 0 Å². The third kappa shape index (κ3) is 3.28. The van der Waals surface area contributed by atoms with Gasteiger partial charge in [0.2, 0.25) is 0 Å². The number of nitrogens with zero attached hydrogens (tertiary/aromatic N) is 2. The van der Waals surface area contributed by atoms with Gasteiger partial charge in [0.25, 0.3) is 5.56 Å². The van der Waals surface area contributed by atoms with Gasteiger partial charge in [-0.05, 0) is 48.3 Å². The van der Waals surface area contributed by atoms with Crippen molar-refractivity contribution < 1.29 is 18.3 Å². The van der Waals surface area contributed by atoms with Crippen molar-refractivity contribution in [2.24, 2.45) is 0 Å². The lowest BCUT2D eigenvalue weighted by Gasteiger charge is -2.10. The fraction of sp³-hybridized carbons (Fsp3) is 0.300. The number of rotatable bonds is 5. The minimum Gasteiger partial charge on any atom is -0.493 e. The number of thiophene rings is 1. The third-order valence-corrected chi connectivity index (χ3v) is 5.86. The van der Waals surface area contributed by atoms with Crippen LogP contribution in [0, 0.1) is 0 Å². The molecular weight excluding hydrogens is 386 g/mol. The van der Waals surface area contributed by atoms with Gasteiger partial charge in [-0.15, -0.1) is 11.3 Å². The van der Waals surface area contributed by atoms with Gasteiger partial charge >= 0.3 is 6.61 Å². The number of ether oxygens (including phenoxy) is 2. The number of alkyl halides is 2. The number of fused-ring (bicyclic) bond motifs is 2. The number of aromatic nitrogens is 2. The van der Waals surface area contributed by atoms with Crippen LogP contribution in [0.5, 0.6) is 11.5 Å². The van der Waals surface area contributed by atoms with Gasteiger partial charge in [-0.2, -0.15) is 8.78 Å². The Morgan fingerprint density at radius 3 is 2.86 bits per heavy atom. The summed E-state index contributed by atoms with van der Waals surface area (Å²) in [7, 11) is 1.40. The SMILES string of the molecule is CCc1cc2c(=O)n3c(nc2s1)/C(=C/c1ccc(OC)c(OC(F)F)c1)CC3. The van der Waals surface area contributed by atoms with Gasteiger partial charge < -0.3 is 9.47 Å². The third-order valence-electron chi connectivity index (χ3n) is 4.69. The van der Waals surface area contributed by atoms with Crippen LogP contribution in [0.25, 0.3) is 21.9 Å². The first-order valence-electron chi connectivity index (χ1n) is 8.87. The zero-order valence-electron chi connectivity index (χ0n) is 15.4. The Balaban J connectivity index is 1.77. The molecule has 28 heavy (non-hydrogen) atoms. The van der Waals surface area contributed by atoms with Gasteiger partial charge in [0.15, 0.2) is 11.5 Å². The van der Waals surface area contributed by atoms with E-state index in [0.717, 1.165) is 21.7 Å². The zero-order valence-corrected chi connectivity index (χ0v) is 16.2. The quantitative estimate of drug-likeness (QED) is 0.625. The Labute approximate surface area is 163 Å². The van der Waals surface area contributed by atoms with E-state index in [2.05, 4.69) is 4.74 Å². The van der Waals surface area contributed by atoms with Crippen LogP contribution >= 0.6 is 11.3 Å². The van der Waals surface area contributed by atoms with E-state index in [9.17, 15) is 13.6 Å². The second-order valence-electron chi connectivity index (χ2n) is 6.39. The lowest BCUT2D eigenvalue weighted by molar-refractivity contribution is -0.0512. The van der Waals surface area contributed by atoms with Crippen molar-refractivity contribution in [2.45, 2.75) is 32.9 Å². The Morgan fingerprint density at radius 2 is 2.14 bits per heavy atom. The minimum absolute atomic E-state index is 0.0310. The van der Waals surface area contributed by atoms with Crippen LogP contribution in [-0.4, -0.2) is 23.3 Å². The van der Waals surface area contributed by atoms with Gasteiger partial charge in [0.1, 0.15) is 10.7 Å². The van der Waals surface area contributed by atoms with E-state index in [1.165, 1.54) is 24.5 Å². The monoisotopic (exact) mass is 404 g/mol. The van der Waals surface area contributed by atoms with Crippen LogP contribution in [0.3, 0.4) is 0 Å². The Hall–Kier alpha value is -2.74. The normalized spacial score (nSPS) is 14.8. The summed E-state index contributed by atoms with van der Waals surface area (Å²) in [5.74, 6) is 0.835. The second kappa shape index (κ2) is 7.35. The first-order valence-corrected chi connectivity index (χ1v) is 9.69. The largest absolute Gasteiger partial charge is 0.493 e. The number of aryl methyl sites for hydroxylation is 1. The van der Waals surface area contributed by atoms with Gasteiger partial charge in [0.05, 0.1) is 12.5 Å². The van der Waals surface area contributed by atoms with E-state index in [1.807, 2.05) is 19.1 Å². The minimum atomic E-state index is -2.94. The van der Waals surface area contributed by atoms with Gasteiger partial charge in [-0.25, -0.2) is 4.98 Å². The highest BCUT2D eigenvalue weighted by atomic mass is 32.1. The number of methoxy groups -OCH3 is 1. The van der Waals surface area contributed by atoms with Crippen LogP contribution in [0.1, 0.15) is 29.6 Å². The molecule has 2 aromatic heterocycles. The average Bonchev–Trinajstić information content (AvgIpc) is 3.26. The number of allylic oxidation sites excluding steroid dienone is 1. The maximum atomic E-state index is 12.8. The Morgan fingerprint density at radius 1 is 1.32 bits per heavy atom. The fourth-order valence-corrected chi connectivity index (χ4v) is 4.30. The van der Waals surface area contributed by atoms with E-state index >= 15 is 0 Å².